The maximum Gasteiger partial charge on any atom is 0.221 e. The average Bonchev–Trinajstić information content (AvgIpc) is 2.58. The Morgan fingerprint density at radius 2 is 2.36 bits per heavy atom. The van der Waals surface area contributed by atoms with Crippen LogP contribution in [0.4, 0.5) is 5.69 Å². The molecule has 72 valence electrons. The number of hydrogen-bond donors (Lipinski definition) is 2. The van der Waals surface area contributed by atoms with Gasteiger partial charge in [0.1, 0.15) is 0 Å². The van der Waals surface area contributed by atoms with E-state index in [2.05, 4.69) is 15.5 Å². The minimum absolute atomic E-state index is 0.122. The Morgan fingerprint density at radius 3 is 3.07 bits per heavy atom. The Hall–Kier alpha value is -1.55. The Labute approximate surface area is 85.3 Å². The van der Waals surface area contributed by atoms with Gasteiger partial charge < -0.3 is 5.32 Å². The summed E-state index contributed by atoms with van der Waals surface area (Å²) >= 11 is 5.93. The van der Waals surface area contributed by atoms with Crippen molar-refractivity contribution in [3.63, 3.8) is 0 Å². The van der Waals surface area contributed by atoms with Crippen LogP contribution in [0.3, 0.4) is 0 Å². The first kappa shape index (κ1) is 9.02. The molecule has 5 heteroatoms. The molecule has 0 fully saturated rings. The van der Waals surface area contributed by atoms with Gasteiger partial charge in [0, 0.05) is 12.3 Å². The lowest BCUT2D eigenvalue weighted by molar-refractivity contribution is -0.114. The fourth-order valence-electron chi connectivity index (χ4n) is 1.30. The van der Waals surface area contributed by atoms with E-state index in [-0.39, 0.29) is 5.91 Å². The van der Waals surface area contributed by atoms with Crippen LogP contribution in [0.5, 0.6) is 0 Å². The second-order valence-corrected chi connectivity index (χ2v) is 3.34. The van der Waals surface area contributed by atoms with Crippen LogP contribution in [0.15, 0.2) is 18.3 Å². The molecule has 0 aliphatic rings. The highest BCUT2D eigenvalue weighted by molar-refractivity contribution is 6.35. The van der Waals surface area contributed by atoms with E-state index in [1.54, 1.807) is 18.3 Å². The molecule has 2 aromatic rings. The zero-order chi connectivity index (χ0) is 10.1. The van der Waals surface area contributed by atoms with E-state index >= 15 is 0 Å². The van der Waals surface area contributed by atoms with Crippen molar-refractivity contribution >= 4 is 34.1 Å². The van der Waals surface area contributed by atoms with Gasteiger partial charge in [-0.3, -0.25) is 9.89 Å². The Balaban J connectivity index is 2.60. The predicted molar refractivity (Wildman–Crippen MR) is 55.4 cm³/mol. The van der Waals surface area contributed by atoms with Crippen molar-refractivity contribution in [1.82, 2.24) is 10.2 Å². The summed E-state index contributed by atoms with van der Waals surface area (Å²) in [6.45, 7) is 1.46. The number of halogens is 1. The maximum absolute atomic E-state index is 10.9. The summed E-state index contributed by atoms with van der Waals surface area (Å²) in [6.07, 6.45) is 1.63. The van der Waals surface area contributed by atoms with Crippen molar-refractivity contribution in [2.75, 3.05) is 5.32 Å². The van der Waals surface area contributed by atoms with E-state index in [0.717, 1.165) is 10.9 Å². The Kier molecular flexibility index (Phi) is 2.13. The highest BCUT2D eigenvalue weighted by Gasteiger charge is 2.06. The summed E-state index contributed by atoms with van der Waals surface area (Å²) in [7, 11) is 0. The van der Waals surface area contributed by atoms with Crippen LogP contribution >= 0.6 is 11.6 Å². The first-order valence-electron chi connectivity index (χ1n) is 4.07. The van der Waals surface area contributed by atoms with Crippen LogP contribution in [0.1, 0.15) is 6.92 Å². The second-order valence-electron chi connectivity index (χ2n) is 2.93. The minimum atomic E-state index is -0.122. The number of benzene rings is 1. The summed E-state index contributed by atoms with van der Waals surface area (Å²) in [6, 6.07) is 3.47. The molecule has 0 saturated carbocycles. The lowest BCUT2D eigenvalue weighted by Crippen LogP contribution is -2.06. The van der Waals surface area contributed by atoms with Gasteiger partial charge in [0.25, 0.3) is 0 Å². The number of rotatable bonds is 1. The second kappa shape index (κ2) is 3.31. The molecule has 0 unspecified atom stereocenters. The molecule has 1 heterocycles. The molecule has 14 heavy (non-hydrogen) atoms. The third-order valence-corrected chi connectivity index (χ3v) is 2.20. The molecule has 2 rings (SSSR count). The number of hydrogen-bond acceptors (Lipinski definition) is 2. The van der Waals surface area contributed by atoms with E-state index in [1.165, 1.54) is 6.92 Å². The summed E-state index contributed by atoms with van der Waals surface area (Å²) < 4.78 is 0. The number of carbonyl (C=O) groups excluding carboxylic acids is 1. The van der Waals surface area contributed by atoms with Crippen LogP contribution < -0.4 is 5.32 Å². The number of H-pyrrole nitrogens is 1. The fourth-order valence-corrected chi connectivity index (χ4v) is 1.50. The van der Waals surface area contributed by atoms with Gasteiger partial charge in [0.2, 0.25) is 5.91 Å². The van der Waals surface area contributed by atoms with Crippen LogP contribution in [0.25, 0.3) is 10.9 Å². The highest BCUT2D eigenvalue weighted by atomic mass is 35.5. The molecule has 4 nitrogen and oxygen atoms in total. The molecule has 0 spiro atoms. The predicted octanol–water partition coefficient (Wildman–Crippen LogP) is 2.17. The molecule has 0 saturated heterocycles. The number of anilines is 1. The number of aromatic amines is 1. The van der Waals surface area contributed by atoms with E-state index in [1.807, 2.05) is 0 Å². The zero-order valence-electron chi connectivity index (χ0n) is 7.47. The van der Waals surface area contributed by atoms with Gasteiger partial charge in [-0.15, -0.1) is 0 Å². The van der Waals surface area contributed by atoms with Crippen molar-refractivity contribution in [2.45, 2.75) is 6.92 Å². The van der Waals surface area contributed by atoms with E-state index in [0.29, 0.717) is 10.7 Å². The third kappa shape index (κ3) is 1.44. The number of fused-ring (bicyclic) bond motifs is 1. The first-order chi connectivity index (χ1) is 6.68. The standard InChI is InChI=1S/C9H8ClN3O/c1-5(14)12-8-3-2-7(10)6-4-11-13-9(6)8/h2-4H,1H3,(H,11,13)(H,12,14). The summed E-state index contributed by atoms with van der Waals surface area (Å²) in [5, 5.41) is 10.8. The molecule has 0 aliphatic carbocycles. The third-order valence-electron chi connectivity index (χ3n) is 1.87. The quantitative estimate of drug-likeness (QED) is 0.756. The normalized spacial score (nSPS) is 10.4. The van der Waals surface area contributed by atoms with E-state index in [4.69, 9.17) is 11.6 Å². The molecule has 0 radical (unpaired) electrons. The molecule has 2 N–H and O–H groups in total. The lowest BCUT2D eigenvalue weighted by Gasteiger charge is -2.03. The first-order valence-corrected chi connectivity index (χ1v) is 4.45. The number of nitrogens with one attached hydrogen (secondary N) is 2. The van der Waals surface area contributed by atoms with Gasteiger partial charge in [0.05, 0.1) is 22.4 Å². The summed E-state index contributed by atoms with van der Waals surface area (Å²) in [4.78, 5) is 10.9. The summed E-state index contributed by atoms with van der Waals surface area (Å²) in [5.41, 5.74) is 1.43. The van der Waals surface area contributed by atoms with Crippen LogP contribution in [0.2, 0.25) is 5.02 Å². The van der Waals surface area contributed by atoms with Crippen LogP contribution in [-0.4, -0.2) is 16.1 Å². The van der Waals surface area contributed by atoms with Gasteiger partial charge in [0.15, 0.2) is 0 Å². The number of nitrogens with zero attached hydrogens (tertiary/aromatic N) is 1. The van der Waals surface area contributed by atoms with E-state index < -0.39 is 0 Å². The van der Waals surface area contributed by atoms with Crippen LogP contribution in [-0.2, 0) is 4.79 Å². The molecule has 0 atom stereocenters. The van der Waals surface area contributed by atoms with Gasteiger partial charge in [-0.1, -0.05) is 11.6 Å². The lowest BCUT2D eigenvalue weighted by atomic mass is 10.2. The van der Waals surface area contributed by atoms with Crippen molar-refractivity contribution in [3.05, 3.63) is 23.4 Å². The molecule has 1 aromatic heterocycles. The van der Waals surface area contributed by atoms with Gasteiger partial charge in [-0.2, -0.15) is 5.10 Å². The SMILES string of the molecule is CC(=O)Nc1ccc(Cl)c2cn[nH]c12. The van der Waals surface area contributed by atoms with Crippen molar-refractivity contribution in [3.8, 4) is 0 Å². The Bertz CT molecular complexity index is 492. The molecular weight excluding hydrogens is 202 g/mol. The van der Waals surface area contributed by atoms with Crippen molar-refractivity contribution in [2.24, 2.45) is 0 Å². The van der Waals surface area contributed by atoms with E-state index in [9.17, 15) is 4.79 Å². The minimum Gasteiger partial charge on any atom is -0.324 e. The molecule has 1 aromatic carbocycles. The monoisotopic (exact) mass is 209 g/mol. The van der Waals surface area contributed by atoms with Gasteiger partial charge >= 0.3 is 0 Å². The molecular formula is C9H8ClN3O. The van der Waals surface area contributed by atoms with Crippen molar-refractivity contribution in [1.29, 1.82) is 0 Å². The fraction of sp³-hybridized carbons (Fsp3) is 0.111. The van der Waals surface area contributed by atoms with Gasteiger partial charge in [-0.25, -0.2) is 0 Å². The average molecular weight is 210 g/mol. The topological polar surface area (TPSA) is 57.8 Å². The molecule has 0 aliphatic heterocycles. The number of amides is 1. The summed E-state index contributed by atoms with van der Waals surface area (Å²) in [5.74, 6) is -0.122. The number of carbonyl (C=O) groups is 1. The highest BCUT2D eigenvalue weighted by Crippen LogP contribution is 2.27. The smallest absolute Gasteiger partial charge is 0.221 e. The maximum atomic E-state index is 10.9. The van der Waals surface area contributed by atoms with Gasteiger partial charge in [-0.05, 0) is 12.1 Å². The zero-order valence-corrected chi connectivity index (χ0v) is 8.22. The number of aromatic nitrogens is 2. The largest absolute Gasteiger partial charge is 0.324 e. The Morgan fingerprint density at radius 1 is 1.57 bits per heavy atom. The molecule has 0 bridgehead atoms. The molecule has 1 amide bonds. The van der Waals surface area contributed by atoms with Crippen LogP contribution in [0, 0.1) is 0 Å². The van der Waals surface area contributed by atoms with Crippen molar-refractivity contribution < 1.29 is 4.79 Å².